The van der Waals surface area contributed by atoms with E-state index in [-0.39, 0.29) is 27.1 Å². The van der Waals surface area contributed by atoms with Gasteiger partial charge in [0.2, 0.25) is 0 Å². The molecule has 0 amide bonds. The van der Waals surface area contributed by atoms with Gasteiger partial charge in [-0.25, -0.2) is 0 Å². The minimum Gasteiger partial charge on any atom is -0.310 e. The molecule has 0 aliphatic heterocycles. The highest BCUT2D eigenvalue weighted by Gasteiger charge is 2.50. The van der Waals surface area contributed by atoms with Crippen LogP contribution in [0.3, 0.4) is 0 Å². The van der Waals surface area contributed by atoms with Gasteiger partial charge in [-0.05, 0) is 141 Å². The summed E-state index contributed by atoms with van der Waals surface area (Å²) >= 11 is 0. The van der Waals surface area contributed by atoms with E-state index < -0.39 is 0 Å². The molecule has 2 unspecified atom stereocenters. The van der Waals surface area contributed by atoms with Crippen molar-refractivity contribution in [3.8, 4) is 5.69 Å². The molecule has 0 spiro atoms. The molecule has 2 aliphatic rings. The maximum absolute atomic E-state index is 2.76. The molecule has 352 valence electrons. The molecule has 0 N–H and O–H groups in total. The van der Waals surface area contributed by atoms with Gasteiger partial charge in [0.05, 0.1) is 22.1 Å². The zero-order valence-corrected chi connectivity index (χ0v) is 44.0. The van der Waals surface area contributed by atoms with E-state index >= 15 is 0 Å². The molecule has 2 aliphatic carbocycles. The van der Waals surface area contributed by atoms with Crippen LogP contribution in [0.4, 0.5) is 0 Å². The van der Waals surface area contributed by atoms with E-state index in [9.17, 15) is 0 Å². The zero-order valence-electron chi connectivity index (χ0n) is 44.0. The van der Waals surface area contributed by atoms with Gasteiger partial charge in [0.15, 0.2) is 0 Å². The molecule has 7 aromatic rings. The topological polar surface area (TPSA) is 9.86 Å². The summed E-state index contributed by atoms with van der Waals surface area (Å²) in [6, 6.07) is 36.9. The molecule has 0 radical (unpaired) electrons. The van der Waals surface area contributed by atoms with E-state index in [0.29, 0.717) is 11.8 Å². The molecular formula is C65H82N2. The summed E-state index contributed by atoms with van der Waals surface area (Å²) in [7, 11) is 0. The van der Waals surface area contributed by atoms with Gasteiger partial charge in [-0.1, -0.05) is 191 Å². The van der Waals surface area contributed by atoms with E-state index in [2.05, 4.69) is 215 Å². The molecule has 0 bridgehead atoms. The normalized spacial score (nSPS) is 17.6. The number of nitrogens with zero attached hydrogens (tertiary/aromatic N) is 2. The molecule has 0 saturated heterocycles. The summed E-state index contributed by atoms with van der Waals surface area (Å²) in [5.41, 5.74) is 16.9. The molecule has 0 saturated carbocycles. The third kappa shape index (κ3) is 8.46. The Hall–Kier alpha value is -4.82. The summed E-state index contributed by atoms with van der Waals surface area (Å²) in [5, 5.41) is 5.45. The van der Waals surface area contributed by atoms with Crippen molar-refractivity contribution in [2.75, 3.05) is 0 Å². The van der Waals surface area contributed by atoms with Gasteiger partial charge in [0.25, 0.3) is 0 Å². The van der Waals surface area contributed by atoms with Gasteiger partial charge >= 0.3 is 0 Å². The fourth-order valence-corrected chi connectivity index (χ4v) is 12.1. The van der Waals surface area contributed by atoms with Crippen LogP contribution in [0.2, 0.25) is 0 Å². The lowest BCUT2D eigenvalue weighted by Gasteiger charge is -2.39. The Kier molecular flexibility index (Phi) is 12.2. The van der Waals surface area contributed by atoms with Gasteiger partial charge in [-0.3, -0.25) is 0 Å². The van der Waals surface area contributed by atoms with Crippen molar-refractivity contribution in [1.82, 2.24) is 9.13 Å². The Labute approximate surface area is 404 Å². The van der Waals surface area contributed by atoms with Crippen molar-refractivity contribution in [3.63, 3.8) is 0 Å². The second kappa shape index (κ2) is 17.3. The van der Waals surface area contributed by atoms with E-state index in [1.165, 1.54) is 141 Å². The first kappa shape index (κ1) is 47.3. The molecule has 2 aromatic heterocycles. The van der Waals surface area contributed by atoms with E-state index in [0.717, 1.165) is 0 Å². The van der Waals surface area contributed by atoms with E-state index in [1.54, 1.807) is 11.1 Å². The van der Waals surface area contributed by atoms with E-state index in [1.807, 2.05) is 0 Å². The number of benzene rings is 5. The molecule has 2 heteroatoms. The van der Waals surface area contributed by atoms with Crippen molar-refractivity contribution < 1.29 is 0 Å². The Bertz CT molecular complexity index is 2880. The maximum Gasteiger partial charge on any atom is 0.0541 e. The van der Waals surface area contributed by atoms with Crippen LogP contribution in [0.5, 0.6) is 0 Å². The molecule has 67 heavy (non-hydrogen) atoms. The third-order valence-corrected chi connectivity index (χ3v) is 16.2. The minimum atomic E-state index is 0.0304. The van der Waals surface area contributed by atoms with Crippen LogP contribution in [-0.4, -0.2) is 9.13 Å². The minimum absolute atomic E-state index is 0.0304. The zero-order chi connectivity index (χ0) is 47.8. The van der Waals surface area contributed by atoms with E-state index in [4.69, 9.17) is 0 Å². The summed E-state index contributed by atoms with van der Waals surface area (Å²) in [6.45, 7) is 32.8. The van der Waals surface area contributed by atoms with Crippen molar-refractivity contribution in [2.24, 2.45) is 5.92 Å². The summed E-state index contributed by atoms with van der Waals surface area (Å²) in [6.07, 6.45) is 20.6. The van der Waals surface area contributed by atoms with Crippen LogP contribution in [0.15, 0.2) is 109 Å². The van der Waals surface area contributed by atoms with Crippen molar-refractivity contribution >= 4 is 49.3 Å². The highest BCUT2D eigenvalue weighted by atomic mass is 15.0. The monoisotopic (exact) mass is 891 g/mol. The standard InChI is InChI=1S/C65H82N2/c1-15-17-19-21-35-65(36-22-20-18-16-2)55-41-47(66-57-31-23-43(61(3,4)5)37-51(57)52-38-44(62(6,7)8)24-32-58(52)66)27-29-49(55)50-30-28-48(42-56(50)65)67-59-33-25-45(63(9,10)11)39-53(59)54-40-46(64(12,13)14)26-34-60(54)67/h23-34,37-42,49,55H,15-22,35-36H2,1-14H3. The molecule has 2 nitrogen and oxygen atoms in total. The largest absolute Gasteiger partial charge is 0.310 e. The summed E-state index contributed by atoms with van der Waals surface area (Å²) < 4.78 is 5.23. The Morgan fingerprint density at radius 2 is 0.851 bits per heavy atom. The molecule has 5 aromatic carbocycles. The Morgan fingerprint density at radius 3 is 1.24 bits per heavy atom. The first-order chi connectivity index (χ1) is 31.7. The van der Waals surface area contributed by atoms with Gasteiger partial charge in [-0.15, -0.1) is 0 Å². The number of unbranched alkanes of at least 4 members (excludes halogenated alkanes) is 6. The quantitative estimate of drug-likeness (QED) is 0.108. The molecule has 2 heterocycles. The second-order valence-electron chi connectivity index (χ2n) is 25.1. The van der Waals surface area contributed by atoms with Crippen molar-refractivity contribution in [2.45, 2.75) is 194 Å². The van der Waals surface area contributed by atoms with Gasteiger partial charge in [0, 0.05) is 44.3 Å². The lowest BCUT2D eigenvalue weighted by molar-refractivity contribution is 0.264. The Morgan fingerprint density at radius 1 is 0.448 bits per heavy atom. The highest BCUT2D eigenvalue weighted by Crippen LogP contribution is 2.59. The maximum atomic E-state index is 2.76. The summed E-state index contributed by atoms with van der Waals surface area (Å²) in [5.74, 6) is 0.720. The van der Waals surface area contributed by atoms with Crippen LogP contribution in [0.1, 0.15) is 200 Å². The van der Waals surface area contributed by atoms with Crippen molar-refractivity contribution in [3.05, 3.63) is 143 Å². The average Bonchev–Trinajstić information content (AvgIpc) is 3.87. The van der Waals surface area contributed by atoms with Gasteiger partial charge in [-0.2, -0.15) is 0 Å². The van der Waals surface area contributed by atoms with Crippen LogP contribution in [0, 0.1) is 5.92 Å². The predicted octanol–water partition coefficient (Wildman–Crippen LogP) is 19.1. The first-order valence-corrected chi connectivity index (χ1v) is 26.4. The number of hydrogen-bond donors (Lipinski definition) is 0. The smallest absolute Gasteiger partial charge is 0.0541 e. The van der Waals surface area contributed by atoms with Gasteiger partial charge in [0.1, 0.15) is 0 Å². The SMILES string of the molecule is CCCCCCC1(CCCCCC)c2cc(-n3c4ccc(C(C)(C)C)cc4c4cc(C(C)(C)C)ccc43)ccc2C2C=CC(n3c4ccc(C(C)(C)C)cc4c4cc(C(C)(C)C)ccc43)=CC21. The highest BCUT2D eigenvalue weighted by molar-refractivity contribution is 6.12. The van der Waals surface area contributed by atoms with Crippen LogP contribution in [0.25, 0.3) is 55.0 Å². The fourth-order valence-electron chi connectivity index (χ4n) is 12.1. The third-order valence-electron chi connectivity index (χ3n) is 16.2. The average molecular weight is 891 g/mol. The van der Waals surface area contributed by atoms with Gasteiger partial charge < -0.3 is 9.13 Å². The first-order valence-electron chi connectivity index (χ1n) is 26.4. The summed E-state index contributed by atoms with van der Waals surface area (Å²) in [4.78, 5) is 0. The number of hydrogen-bond acceptors (Lipinski definition) is 0. The lowest BCUT2D eigenvalue weighted by Crippen LogP contribution is -2.33. The van der Waals surface area contributed by atoms with Crippen LogP contribution in [-0.2, 0) is 27.1 Å². The molecular weight excluding hydrogens is 809 g/mol. The number of aromatic nitrogens is 2. The fraction of sp³-hybridized carbons (Fsp3) is 0.477. The molecule has 2 atom stereocenters. The van der Waals surface area contributed by atoms with Crippen molar-refractivity contribution in [1.29, 1.82) is 0 Å². The Balaban J connectivity index is 1.26. The molecule has 9 rings (SSSR count). The van der Waals surface area contributed by atoms with Crippen LogP contribution >= 0.6 is 0 Å². The lowest BCUT2D eigenvalue weighted by atomic mass is 9.65. The second-order valence-corrected chi connectivity index (χ2v) is 25.1. The number of allylic oxidation sites excluding steroid dienone is 4. The number of fused-ring (bicyclic) bond motifs is 9. The molecule has 0 fully saturated rings. The predicted molar refractivity (Wildman–Crippen MR) is 294 cm³/mol. The number of rotatable bonds is 12. The van der Waals surface area contributed by atoms with Crippen LogP contribution < -0.4 is 0 Å².